The standard InChI is InChI=1S/C13H20N2O/c1-11(2)15-12(8-9-14)10-16-13-6-4-3-5-7-13/h3-7,10-11,15H,8-9,14H2,1-2H3. The highest BCUT2D eigenvalue weighted by Crippen LogP contribution is 2.10. The van der Waals surface area contributed by atoms with E-state index in [-0.39, 0.29) is 0 Å². The molecule has 0 bridgehead atoms. The first-order valence-corrected chi connectivity index (χ1v) is 5.59. The summed E-state index contributed by atoms with van der Waals surface area (Å²) < 4.78 is 5.54. The van der Waals surface area contributed by atoms with E-state index in [2.05, 4.69) is 19.2 Å². The average Bonchev–Trinajstić information content (AvgIpc) is 2.27. The Morgan fingerprint density at radius 1 is 1.38 bits per heavy atom. The van der Waals surface area contributed by atoms with Gasteiger partial charge in [0.1, 0.15) is 12.0 Å². The van der Waals surface area contributed by atoms with Crippen molar-refractivity contribution < 1.29 is 4.74 Å². The van der Waals surface area contributed by atoms with Crippen LogP contribution < -0.4 is 15.8 Å². The molecule has 3 heteroatoms. The molecule has 0 spiro atoms. The molecule has 0 aliphatic rings. The van der Waals surface area contributed by atoms with Crippen LogP contribution in [0.5, 0.6) is 5.75 Å². The highest BCUT2D eigenvalue weighted by atomic mass is 16.5. The lowest BCUT2D eigenvalue weighted by atomic mass is 10.3. The van der Waals surface area contributed by atoms with Gasteiger partial charge in [0.15, 0.2) is 0 Å². The van der Waals surface area contributed by atoms with Gasteiger partial charge in [-0.05, 0) is 32.5 Å². The molecule has 0 radical (unpaired) electrons. The minimum atomic E-state index is 0.386. The number of benzene rings is 1. The van der Waals surface area contributed by atoms with Crippen molar-refractivity contribution >= 4 is 0 Å². The Hall–Kier alpha value is -1.48. The minimum absolute atomic E-state index is 0.386. The third-order valence-corrected chi connectivity index (χ3v) is 1.97. The van der Waals surface area contributed by atoms with Crippen molar-refractivity contribution in [1.82, 2.24) is 5.32 Å². The fourth-order valence-corrected chi connectivity index (χ4v) is 1.33. The van der Waals surface area contributed by atoms with Crippen LogP contribution in [0.1, 0.15) is 20.3 Å². The van der Waals surface area contributed by atoms with Gasteiger partial charge in [0.2, 0.25) is 0 Å². The van der Waals surface area contributed by atoms with Crippen molar-refractivity contribution in [3.8, 4) is 5.75 Å². The van der Waals surface area contributed by atoms with Gasteiger partial charge < -0.3 is 15.8 Å². The molecule has 0 aliphatic carbocycles. The highest BCUT2D eigenvalue weighted by Gasteiger charge is 1.99. The third-order valence-electron chi connectivity index (χ3n) is 1.97. The molecule has 16 heavy (non-hydrogen) atoms. The molecule has 0 aromatic heterocycles. The Bertz CT molecular complexity index is 320. The van der Waals surface area contributed by atoms with Crippen molar-refractivity contribution in [2.24, 2.45) is 5.73 Å². The average molecular weight is 220 g/mol. The Morgan fingerprint density at radius 3 is 2.62 bits per heavy atom. The first kappa shape index (κ1) is 12.6. The number of nitrogens with one attached hydrogen (secondary N) is 1. The molecule has 3 N–H and O–H groups in total. The van der Waals surface area contributed by atoms with Crippen LogP contribution >= 0.6 is 0 Å². The smallest absolute Gasteiger partial charge is 0.126 e. The second-order valence-corrected chi connectivity index (χ2v) is 3.91. The van der Waals surface area contributed by atoms with E-state index in [0.717, 1.165) is 17.9 Å². The lowest BCUT2D eigenvalue weighted by molar-refractivity contribution is 0.461. The van der Waals surface area contributed by atoms with E-state index in [1.54, 1.807) is 6.26 Å². The summed E-state index contributed by atoms with van der Waals surface area (Å²) in [5, 5.41) is 3.31. The molecule has 88 valence electrons. The zero-order chi connectivity index (χ0) is 11.8. The van der Waals surface area contributed by atoms with Gasteiger partial charge >= 0.3 is 0 Å². The van der Waals surface area contributed by atoms with Crippen LogP contribution in [-0.4, -0.2) is 12.6 Å². The molecule has 0 fully saturated rings. The number of hydrogen-bond acceptors (Lipinski definition) is 3. The van der Waals surface area contributed by atoms with Crippen LogP contribution in [0.25, 0.3) is 0 Å². The van der Waals surface area contributed by atoms with Gasteiger partial charge in [0, 0.05) is 18.2 Å². The summed E-state index contributed by atoms with van der Waals surface area (Å²) in [5.41, 5.74) is 6.57. The monoisotopic (exact) mass is 220 g/mol. The molecule has 0 saturated carbocycles. The van der Waals surface area contributed by atoms with Crippen molar-refractivity contribution in [3.05, 3.63) is 42.3 Å². The van der Waals surface area contributed by atoms with Crippen LogP contribution in [0, 0.1) is 0 Å². The number of ether oxygens (including phenoxy) is 1. The molecular formula is C13H20N2O. The topological polar surface area (TPSA) is 47.3 Å². The molecule has 0 amide bonds. The first-order valence-electron chi connectivity index (χ1n) is 5.59. The maximum Gasteiger partial charge on any atom is 0.126 e. The number of nitrogens with two attached hydrogens (primary N) is 1. The van der Waals surface area contributed by atoms with Gasteiger partial charge in [-0.2, -0.15) is 0 Å². The summed E-state index contributed by atoms with van der Waals surface area (Å²) in [4.78, 5) is 0. The fraction of sp³-hybridized carbons (Fsp3) is 0.385. The SMILES string of the molecule is CC(C)NC(=COc1ccccc1)CCN. The molecule has 0 atom stereocenters. The lowest BCUT2D eigenvalue weighted by Crippen LogP contribution is -2.24. The van der Waals surface area contributed by atoms with Gasteiger partial charge in [-0.3, -0.25) is 0 Å². The molecule has 0 heterocycles. The zero-order valence-corrected chi connectivity index (χ0v) is 9.94. The Balaban J connectivity index is 2.57. The summed E-state index contributed by atoms with van der Waals surface area (Å²) in [6.07, 6.45) is 2.53. The van der Waals surface area contributed by atoms with E-state index in [1.165, 1.54) is 0 Å². The second kappa shape index (κ2) is 6.90. The van der Waals surface area contributed by atoms with Crippen molar-refractivity contribution in [2.75, 3.05) is 6.54 Å². The zero-order valence-electron chi connectivity index (χ0n) is 9.94. The normalized spacial score (nSPS) is 11.6. The Labute approximate surface area is 97.3 Å². The maximum atomic E-state index is 5.54. The van der Waals surface area contributed by atoms with E-state index < -0.39 is 0 Å². The highest BCUT2D eigenvalue weighted by molar-refractivity contribution is 5.22. The Kier molecular flexibility index (Phi) is 5.43. The van der Waals surface area contributed by atoms with Gasteiger partial charge in [0.25, 0.3) is 0 Å². The fourth-order valence-electron chi connectivity index (χ4n) is 1.33. The molecule has 0 unspecified atom stereocenters. The van der Waals surface area contributed by atoms with E-state index in [4.69, 9.17) is 10.5 Å². The van der Waals surface area contributed by atoms with E-state index in [0.29, 0.717) is 12.6 Å². The number of rotatable bonds is 6. The number of hydrogen-bond donors (Lipinski definition) is 2. The van der Waals surface area contributed by atoms with Crippen LogP contribution in [-0.2, 0) is 0 Å². The van der Waals surface area contributed by atoms with Gasteiger partial charge in [-0.15, -0.1) is 0 Å². The van der Waals surface area contributed by atoms with Crippen molar-refractivity contribution in [2.45, 2.75) is 26.3 Å². The van der Waals surface area contributed by atoms with E-state index in [9.17, 15) is 0 Å². The van der Waals surface area contributed by atoms with Gasteiger partial charge in [-0.1, -0.05) is 18.2 Å². The molecule has 0 aliphatic heterocycles. The van der Waals surface area contributed by atoms with Gasteiger partial charge in [-0.25, -0.2) is 0 Å². The summed E-state index contributed by atoms with van der Waals surface area (Å²) in [6.45, 7) is 4.80. The van der Waals surface area contributed by atoms with Crippen molar-refractivity contribution in [3.63, 3.8) is 0 Å². The quantitative estimate of drug-likeness (QED) is 0.723. The summed E-state index contributed by atoms with van der Waals surface area (Å²) in [5.74, 6) is 0.836. The first-order chi connectivity index (χ1) is 7.72. The van der Waals surface area contributed by atoms with E-state index >= 15 is 0 Å². The Morgan fingerprint density at radius 2 is 2.06 bits per heavy atom. The largest absolute Gasteiger partial charge is 0.463 e. The predicted octanol–water partition coefficient (Wildman–Crippen LogP) is 2.25. The van der Waals surface area contributed by atoms with Crippen LogP contribution in [0.2, 0.25) is 0 Å². The second-order valence-electron chi connectivity index (χ2n) is 3.91. The van der Waals surface area contributed by atoms with Crippen LogP contribution in [0.3, 0.4) is 0 Å². The van der Waals surface area contributed by atoms with Crippen molar-refractivity contribution in [1.29, 1.82) is 0 Å². The molecule has 3 nitrogen and oxygen atoms in total. The molecular weight excluding hydrogens is 200 g/mol. The predicted molar refractivity (Wildman–Crippen MR) is 67.1 cm³/mol. The van der Waals surface area contributed by atoms with Crippen LogP contribution in [0.4, 0.5) is 0 Å². The molecule has 1 aromatic carbocycles. The van der Waals surface area contributed by atoms with Gasteiger partial charge in [0.05, 0.1) is 0 Å². The maximum absolute atomic E-state index is 5.54. The third kappa shape index (κ3) is 4.84. The van der Waals surface area contributed by atoms with E-state index in [1.807, 2.05) is 30.3 Å². The lowest BCUT2D eigenvalue weighted by Gasteiger charge is -2.13. The molecule has 1 aromatic rings. The summed E-state index contributed by atoms with van der Waals surface area (Å²) in [6, 6.07) is 10.1. The molecule has 0 saturated heterocycles. The van der Waals surface area contributed by atoms with Crippen LogP contribution in [0.15, 0.2) is 42.3 Å². The molecule has 1 rings (SSSR count). The minimum Gasteiger partial charge on any atom is -0.463 e. The summed E-state index contributed by atoms with van der Waals surface area (Å²) in [7, 11) is 0. The summed E-state index contributed by atoms with van der Waals surface area (Å²) >= 11 is 0. The number of para-hydroxylation sites is 1.